The third-order valence-corrected chi connectivity index (χ3v) is 3.20. The van der Waals surface area contributed by atoms with E-state index in [1.807, 2.05) is 0 Å². The van der Waals surface area contributed by atoms with E-state index in [1.165, 1.54) is 6.42 Å². The Labute approximate surface area is 101 Å². The van der Waals surface area contributed by atoms with Crippen LogP contribution in [0.25, 0.3) is 0 Å². The van der Waals surface area contributed by atoms with E-state index >= 15 is 0 Å². The van der Waals surface area contributed by atoms with E-state index in [1.54, 1.807) is 24.3 Å². The van der Waals surface area contributed by atoms with Gasteiger partial charge in [0.1, 0.15) is 5.75 Å². The first-order chi connectivity index (χ1) is 8.31. The Morgan fingerprint density at radius 2 is 1.88 bits per heavy atom. The Bertz CT molecular complexity index is 406. The monoisotopic (exact) mass is 232 g/mol. The standard InChI is InChI=1S/C14H16O3/c15-10-12-8-4-5-9-13(12)17-14(16)11-6-2-1-3-7-11/h4-5,8-11H,1-3,6-7H2. The quantitative estimate of drug-likeness (QED) is 0.457. The molecule has 17 heavy (non-hydrogen) atoms. The molecule has 0 aliphatic heterocycles. The third-order valence-electron chi connectivity index (χ3n) is 3.20. The molecule has 0 spiro atoms. The minimum absolute atomic E-state index is 0.00320. The van der Waals surface area contributed by atoms with Gasteiger partial charge in [0.15, 0.2) is 6.29 Å². The van der Waals surface area contributed by atoms with Crippen LogP contribution in [-0.4, -0.2) is 12.3 Å². The highest BCUT2D eigenvalue weighted by atomic mass is 16.5. The maximum atomic E-state index is 11.9. The average molecular weight is 232 g/mol. The number of carbonyl (C=O) groups is 2. The van der Waals surface area contributed by atoms with E-state index in [9.17, 15) is 9.59 Å². The Morgan fingerprint density at radius 3 is 2.59 bits per heavy atom. The van der Waals surface area contributed by atoms with Gasteiger partial charge in [-0.25, -0.2) is 0 Å². The second-order valence-electron chi connectivity index (χ2n) is 4.41. The van der Waals surface area contributed by atoms with Crippen LogP contribution in [0.4, 0.5) is 0 Å². The van der Waals surface area contributed by atoms with Crippen LogP contribution in [0.3, 0.4) is 0 Å². The van der Waals surface area contributed by atoms with Crippen molar-refractivity contribution in [1.29, 1.82) is 0 Å². The molecule has 0 amide bonds. The Balaban J connectivity index is 2.04. The summed E-state index contributed by atoms with van der Waals surface area (Å²) >= 11 is 0. The first-order valence-electron chi connectivity index (χ1n) is 6.07. The van der Waals surface area contributed by atoms with Gasteiger partial charge in [-0.1, -0.05) is 31.4 Å². The fourth-order valence-electron chi connectivity index (χ4n) is 2.20. The highest BCUT2D eigenvalue weighted by molar-refractivity contribution is 5.83. The zero-order chi connectivity index (χ0) is 12.1. The van der Waals surface area contributed by atoms with Crippen LogP contribution in [0.1, 0.15) is 42.5 Å². The molecule has 1 aliphatic carbocycles. The van der Waals surface area contributed by atoms with Gasteiger partial charge < -0.3 is 4.74 Å². The van der Waals surface area contributed by atoms with Crippen LogP contribution in [0.15, 0.2) is 24.3 Å². The highest BCUT2D eigenvalue weighted by Crippen LogP contribution is 2.26. The summed E-state index contributed by atoms with van der Waals surface area (Å²) < 4.78 is 5.31. The van der Waals surface area contributed by atoms with Crippen LogP contribution in [-0.2, 0) is 4.79 Å². The van der Waals surface area contributed by atoms with Crippen molar-refractivity contribution in [2.45, 2.75) is 32.1 Å². The summed E-state index contributed by atoms with van der Waals surface area (Å²) in [4.78, 5) is 22.7. The summed E-state index contributed by atoms with van der Waals surface area (Å²) in [7, 11) is 0. The molecule has 3 nitrogen and oxygen atoms in total. The highest BCUT2D eigenvalue weighted by Gasteiger charge is 2.23. The number of carbonyl (C=O) groups excluding carboxylic acids is 2. The first-order valence-corrected chi connectivity index (χ1v) is 6.07. The van der Waals surface area contributed by atoms with Crippen molar-refractivity contribution in [3.63, 3.8) is 0 Å². The lowest BCUT2D eigenvalue weighted by molar-refractivity contribution is -0.140. The average Bonchev–Trinajstić information content (AvgIpc) is 2.40. The van der Waals surface area contributed by atoms with Crippen LogP contribution < -0.4 is 4.74 Å². The molecule has 1 aromatic rings. The van der Waals surface area contributed by atoms with Crippen molar-refractivity contribution in [1.82, 2.24) is 0 Å². The molecule has 0 radical (unpaired) electrons. The van der Waals surface area contributed by atoms with E-state index in [0.717, 1.165) is 25.7 Å². The second kappa shape index (κ2) is 5.62. The SMILES string of the molecule is O=Cc1ccccc1OC(=O)C1CCCCC1. The van der Waals surface area contributed by atoms with Gasteiger partial charge in [-0.15, -0.1) is 0 Å². The van der Waals surface area contributed by atoms with E-state index in [0.29, 0.717) is 17.6 Å². The lowest BCUT2D eigenvalue weighted by atomic mass is 9.89. The number of hydrogen-bond donors (Lipinski definition) is 0. The van der Waals surface area contributed by atoms with Crippen molar-refractivity contribution in [3.8, 4) is 5.75 Å². The summed E-state index contributed by atoms with van der Waals surface area (Å²) in [6, 6.07) is 6.82. The Kier molecular flexibility index (Phi) is 3.91. The maximum Gasteiger partial charge on any atom is 0.314 e. The number of rotatable bonds is 3. The van der Waals surface area contributed by atoms with Gasteiger partial charge in [0, 0.05) is 0 Å². The molecule has 90 valence electrons. The number of para-hydroxylation sites is 1. The molecule has 0 bridgehead atoms. The van der Waals surface area contributed by atoms with Gasteiger partial charge in [-0.05, 0) is 25.0 Å². The predicted molar refractivity (Wildman–Crippen MR) is 64.0 cm³/mol. The summed E-state index contributed by atoms with van der Waals surface area (Å²) in [5.41, 5.74) is 0.427. The molecule has 1 aliphatic rings. The maximum absolute atomic E-state index is 11.9. The van der Waals surface area contributed by atoms with Crippen molar-refractivity contribution < 1.29 is 14.3 Å². The Morgan fingerprint density at radius 1 is 1.18 bits per heavy atom. The largest absolute Gasteiger partial charge is 0.426 e. The number of esters is 1. The van der Waals surface area contributed by atoms with Gasteiger partial charge in [0.2, 0.25) is 0 Å². The van der Waals surface area contributed by atoms with Crippen LogP contribution in [0.2, 0.25) is 0 Å². The van der Waals surface area contributed by atoms with Crippen molar-refractivity contribution >= 4 is 12.3 Å². The topological polar surface area (TPSA) is 43.4 Å². The number of hydrogen-bond acceptors (Lipinski definition) is 3. The molecule has 0 unspecified atom stereocenters. The minimum Gasteiger partial charge on any atom is -0.426 e. The van der Waals surface area contributed by atoms with E-state index in [2.05, 4.69) is 0 Å². The minimum atomic E-state index is -0.195. The van der Waals surface area contributed by atoms with Gasteiger partial charge in [0.05, 0.1) is 11.5 Å². The van der Waals surface area contributed by atoms with Crippen LogP contribution in [0.5, 0.6) is 5.75 Å². The summed E-state index contributed by atoms with van der Waals surface area (Å²) in [6.45, 7) is 0. The third kappa shape index (κ3) is 2.93. The van der Waals surface area contributed by atoms with Gasteiger partial charge in [0.25, 0.3) is 0 Å². The number of benzene rings is 1. The molecular weight excluding hydrogens is 216 g/mol. The molecule has 0 heterocycles. The molecular formula is C14H16O3. The molecule has 2 rings (SSSR count). The molecule has 1 aromatic carbocycles. The normalized spacial score (nSPS) is 16.5. The summed E-state index contributed by atoms with van der Waals surface area (Å²) in [5, 5.41) is 0. The Hall–Kier alpha value is -1.64. The molecule has 0 aromatic heterocycles. The zero-order valence-corrected chi connectivity index (χ0v) is 9.72. The molecule has 0 saturated heterocycles. The predicted octanol–water partition coefficient (Wildman–Crippen LogP) is 2.98. The van der Waals surface area contributed by atoms with Crippen molar-refractivity contribution in [3.05, 3.63) is 29.8 Å². The van der Waals surface area contributed by atoms with Gasteiger partial charge in [-0.2, -0.15) is 0 Å². The van der Waals surface area contributed by atoms with Gasteiger partial charge in [-0.3, -0.25) is 9.59 Å². The molecule has 3 heteroatoms. The fraction of sp³-hybridized carbons (Fsp3) is 0.429. The van der Waals surface area contributed by atoms with E-state index in [-0.39, 0.29) is 11.9 Å². The zero-order valence-electron chi connectivity index (χ0n) is 9.72. The molecule has 1 saturated carbocycles. The summed E-state index contributed by atoms with van der Waals surface area (Å²) in [5.74, 6) is 0.181. The number of ether oxygens (including phenoxy) is 1. The lowest BCUT2D eigenvalue weighted by Gasteiger charge is -2.20. The van der Waals surface area contributed by atoms with Crippen molar-refractivity contribution in [2.24, 2.45) is 5.92 Å². The van der Waals surface area contributed by atoms with Crippen molar-refractivity contribution in [2.75, 3.05) is 0 Å². The smallest absolute Gasteiger partial charge is 0.314 e. The van der Waals surface area contributed by atoms with Crippen LogP contribution >= 0.6 is 0 Å². The second-order valence-corrected chi connectivity index (χ2v) is 4.41. The lowest BCUT2D eigenvalue weighted by Crippen LogP contribution is -2.23. The molecule has 1 fully saturated rings. The molecule has 0 N–H and O–H groups in total. The number of aldehydes is 1. The van der Waals surface area contributed by atoms with E-state index in [4.69, 9.17) is 4.74 Å². The first kappa shape index (κ1) is 11.8. The van der Waals surface area contributed by atoms with Gasteiger partial charge >= 0.3 is 5.97 Å². The van der Waals surface area contributed by atoms with Crippen LogP contribution in [0, 0.1) is 5.92 Å². The van der Waals surface area contributed by atoms with E-state index < -0.39 is 0 Å². The summed E-state index contributed by atoms with van der Waals surface area (Å²) in [6.07, 6.45) is 5.91. The fourth-order valence-corrected chi connectivity index (χ4v) is 2.20. The molecule has 0 atom stereocenters.